The Bertz CT molecular complexity index is 1850. The summed E-state index contributed by atoms with van der Waals surface area (Å²) in [5.41, 5.74) is 5.24. The van der Waals surface area contributed by atoms with E-state index in [2.05, 4.69) is 32.6 Å². The average Bonchev–Trinajstić information content (AvgIpc) is 3.80. The number of nitrogens with zero attached hydrogens (tertiary/aromatic N) is 5. The van der Waals surface area contributed by atoms with Gasteiger partial charge in [-0.3, -0.25) is 24.5 Å². The molecule has 2 aromatic carbocycles. The molecule has 3 aliphatic rings. The van der Waals surface area contributed by atoms with Crippen molar-refractivity contribution >= 4 is 47.4 Å². The lowest BCUT2D eigenvalue weighted by molar-refractivity contribution is -0.120. The number of hydrogen-bond donors (Lipinski definition) is 3. The van der Waals surface area contributed by atoms with Crippen LogP contribution in [0.3, 0.4) is 0 Å². The van der Waals surface area contributed by atoms with Gasteiger partial charge >= 0.3 is 0 Å². The predicted molar refractivity (Wildman–Crippen MR) is 195 cm³/mol. The van der Waals surface area contributed by atoms with Crippen molar-refractivity contribution in [3.8, 4) is 28.3 Å². The Hall–Kier alpha value is -4.36. The van der Waals surface area contributed by atoms with Crippen molar-refractivity contribution in [1.82, 2.24) is 30.8 Å². The van der Waals surface area contributed by atoms with Gasteiger partial charge in [0.15, 0.2) is 0 Å². The monoisotopic (exact) mass is 718 g/mol. The van der Waals surface area contributed by atoms with E-state index in [9.17, 15) is 9.59 Å². The number of methoxy groups -OCH3 is 2. The van der Waals surface area contributed by atoms with Crippen LogP contribution in [0.2, 0.25) is 10.0 Å². The molecule has 3 aromatic rings. The van der Waals surface area contributed by atoms with Crippen molar-refractivity contribution in [2.45, 2.75) is 44.8 Å². The van der Waals surface area contributed by atoms with Gasteiger partial charge in [-0.2, -0.15) is 0 Å². The van der Waals surface area contributed by atoms with Gasteiger partial charge in [0.1, 0.15) is 11.4 Å². The maximum absolute atomic E-state index is 11.7. The van der Waals surface area contributed by atoms with Gasteiger partial charge in [-0.25, -0.2) is 9.98 Å². The van der Waals surface area contributed by atoms with Gasteiger partial charge in [0, 0.05) is 85.8 Å². The Kier molecular flexibility index (Phi) is 11.1. The lowest BCUT2D eigenvalue weighted by Crippen LogP contribution is -2.36. The molecule has 2 amide bonds. The number of hydrogen-bond acceptors (Lipinski definition) is 10. The van der Waals surface area contributed by atoms with Crippen molar-refractivity contribution in [3.05, 3.63) is 75.5 Å². The van der Waals surface area contributed by atoms with Crippen molar-refractivity contribution in [1.29, 1.82) is 0 Å². The fraction of sp³-hybridized carbons (Fsp3) is 0.389. The second-order valence-corrected chi connectivity index (χ2v) is 13.4. The summed E-state index contributed by atoms with van der Waals surface area (Å²) in [4.78, 5) is 43.9. The van der Waals surface area contributed by atoms with Gasteiger partial charge in [0.25, 0.3) is 0 Å². The van der Waals surface area contributed by atoms with Crippen LogP contribution < -0.4 is 20.7 Å². The zero-order valence-electron chi connectivity index (χ0n) is 28.3. The predicted octanol–water partition coefficient (Wildman–Crippen LogP) is 4.64. The molecule has 0 unspecified atom stereocenters. The summed E-state index contributed by atoms with van der Waals surface area (Å²) in [5.74, 6) is 1.24. The van der Waals surface area contributed by atoms with Crippen molar-refractivity contribution < 1.29 is 19.1 Å². The molecule has 0 saturated carbocycles. The number of amides is 2. The second kappa shape index (κ2) is 15.7. The third-order valence-corrected chi connectivity index (χ3v) is 10.1. The number of ether oxygens (including phenoxy) is 2. The number of benzene rings is 2. The maximum Gasteiger partial charge on any atom is 0.237 e. The first-order valence-corrected chi connectivity index (χ1v) is 17.2. The molecule has 0 bridgehead atoms. The summed E-state index contributed by atoms with van der Waals surface area (Å²) in [6.07, 6.45) is 3.60. The molecule has 12 nitrogen and oxygen atoms in total. The topological polar surface area (TPSA) is 142 Å². The third kappa shape index (κ3) is 7.68. The summed E-state index contributed by atoms with van der Waals surface area (Å²) in [7, 11) is 3.11. The molecule has 3 fully saturated rings. The lowest BCUT2D eigenvalue weighted by atomic mass is 9.98. The Morgan fingerprint density at radius 2 is 1.82 bits per heavy atom. The quantitative estimate of drug-likeness (QED) is 0.172. The number of carbonyl (C=O) groups excluding carboxylic acids is 2. The normalized spacial score (nSPS) is 21.1. The highest BCUT2D eigenvalue weighted by Gasteiger charge is 2.40. The smallest absolute Gasteiger partial charge is 0.237 e. The molecule has 3 aliphatic heterocycles. The number of rotatable bonds is 13. The van der Waals surface area contributed by atoms with Crippen LogP contribution in [0.1, 0.15) is 37.4 Å². The summed E-state index contributed by atoms with van der Waals surface area (Å²) >= 11 is 14.1. The number of likely N-dealkylation sites (tertiary alicyclic amines) is 1. The Morgan fingerprint density at radius 3 is 2.52 bits per heavy atom. The molecule has 4 heterocycles. The minimum atomic E-state index is 0.0664. The number of aliphatic imine (C=N–C) groups is 2. The molecule has 3 saturated heterocycles. The molecule has 1 aromatic heterocycles. The Labute approximate surface area is 301 Å². The third-order valence-electron chi connectivity index (χ3n) is 9.31. The van der Waals surface area contributed by atoms with Crippen molar-refractivity contribution in [2.75, 3.05) is 40.4 Å². The summed E-state index contributed by atoms with van der Waals surface area (Å²) in [5, 5.41) is 10.2. The number of nitrogens with one attached hydrogen (secondary N) is 3. The highest BCUT2D eigenvalue weighted by molar-refractivity contribution is 6.39. The number of fused-ring (bicyclic) bond motifs is 1. The molecule has 3 N–H and O–H groups in total. The maximum atomic E-state index is 11.7. The number of halogens is 2. The largest absolute Gasteiger partial charge is 0.480 e. The fourth-order valence-corrected chi connectivity index (χ4v) is 7.46. The van der Waals surface area contributed by atoms with Gasteiger partial charge in [-0.05, 0) is 20.1 Å². The van der Waals surface area contributed by atoms with E-state index >= 15 is 0 Å². The molecular weight excluding hydrogens is 679 g/mol. The van der Waals surface area contributed by atoms with Crippen LogP contribution in [0.25, 0.3) is 22.4 Å². The molecule has 262 valence electrons. The first kappa shape index (κ1) is 35.5. The van der Waals surface area contributed by atoms with Crippen LogP contribution in [0.4, 0.5) is 0 Å². The van der Waals surface area contributed by atoms with Crippen LogP contribution >= 0.6 is 23.2 Å². The molecule has 6 rings (SSSR count). The number of carbonyl (C=O) groups is 2. The Balaban J connectivity index is 1.22. The summed E-state index contributed by atoms with van der Waals surface area (Å²) < 4.78 is 11.3. The highest BCUT2D eigenvalue weighted by Crippen LogP contribution is 2.40. The highest BCUT2D eigenvalue weighted by atomic mass is 35.5. The van der Waals surface area contributed by atoms with Crippen LogP contribution in [-0.4, -0.2) is 91.6 Å². The van der Waals surface area contributed by atoms with E-state index < -0.39 is 0 Å². The Morgan fingerprint density at radius 1 is 1.06 bits per heavy atom. The van der Waals surface area contributed by atoms with Gasteiger partial charge in [0.05, 0.1) is 41.9 Å². The van der Waals surface area contributed by atoms with Crippen LogP contribution in [0, 0.1) is 5.92 Å². The average molecular weight is 720 g/mol. The number of aromatic nitrogens is 2. The van der Waals surface area contributed by atoms with Gasteiger partial charge in [-0.15, -0.1) is 0 Å². The van der Waals surface area contributed by atoms with E-state index in [0.717, 1.165) is 36.3 Å². The standard InChI is InChI=1S/C36H40Cl2N8O4/c1-20(42-35(49-3)28(39-2)15-40-14-22-11-12-31(47)43-22)23-7-5-8-24(33(23)37)25-9-6-10-26(34(25)38)27-16-41-30(36(45-27)50-4)19-46-17-21-13-32(48)44-29(21)18-46/h5-10,16,21-22,29,40H,2,11-15,17-19H2,1,3-4H3,(H,43,47)(H,44,48)/b35-28+,42-20?/t21-,22+,29+/m1/s1. The zero-order chi connectivity index (χ0) is 35.4. The van der Waals surface area contributed by atoms with Crippen LogP contribution in [0.15, 0.2) is 64.2 Å². The molecule has 0 aliphatic carbocycles. The van der Waals surface area contributed by atoms with Gasteiger partial charge < -0.3 is 25.4 Å². The molecule has 50 heavy (non-hydrogen) atoms. The van der Waals surface area contributed by atoms with E-state index in [-0.39, 0.29) is 23.9 Å². The molecule has 0 radical (unpaired) electrons. The minimum absolute atomic E-state index is 0.0664. The first-order valence-electron chi connectivity index (χ1n) is 16.5. The van der Waals surface area contributed by atoms with E-state index in [1.165, 1.54) is 7.11 Å². The fourth-order valence-electron chi connectivity index (χ4n) is 6.77. The van der Waals surface area contributed by atoms with Crippen molar-refractivity contribution in [2.24, 2.45) is 15.9 Å². The second-order valence-electron chi connectivity index (χ2n) is 12.6. The van der Waals surface area contributed by atoms with Gasteiger partial charge in [0.2, 0.25) is 23.6 Å². The van der Waals surface area contributed by atoms with Crippen LogP contribution in [-0.2, 0) is 20.9 Å². The van der Waals surface area contributed by atoms with E-state index in [4.69, 9.17) is 47.6 Å². The first-order chi connectivity index (χ1) is 24.2. The van der Waals surface area contributed by atoms with E-state index in [1.54, 1.807) is 13.3 Å². The minimum Gasteiger partial charge on any atom is -0.480 e. The zero-order valence-corrected chi connectivity index (χ0v) is 29.8. The molecule has 3 atom stereocenters. The van der Waals surface area contributed by atoms with Crippen LogP contribution in [0.5, 0.6) is 5.88 Å². The van der Waals surface area contributed by atoms with E-state index in [1.807, 2.05) is 43.3 Å². The van der Waals surface area contributed by atoms with Gasteiger partial charge in [-0.1, -0.05) is 59.6 Å². The molecule has 0 spiro atoms. The molecule has 14 heteroatoms. The summed E-state index contributed by atoms with van der Waals surface area (Å²) in [6, 6.07) is 11.6. The summed E-state index contributed by atoms with van der Waals surface area (Å²) in [6.45, 7) is 8.67. The van der Waals surface area contributed by atoms with E-state index in [0.29, 0.717) is 88.4 Å². The molecular formula is C36H40Cl2N8O4. The SMILES string of the molecule is C=N/C(CNC[C@@H]1CCC(=O)N1)=C(\N=C(C)c1cccc(-c2cccc(-c3cnc(CN4C[C@H]5CC(=O)N[C@H]5C4)c(OC)n3)c2Cl)c1Cl)OC. The van der Waals surface area contributed by atoms with Crippen molar-refractivity contribution in [3.63, 3.8) is 0 Å². The lowest BCUT2D eigenvalue weighted by Gasteiger charge is -2.18.